The maximum absolute atomic E-state index is 12.2. The number of amides is 1. The number of carbonyl (C=O) groups excluding carboxylic acids is 1. The Morgan fingerprint density at radius 1 is 1.48 bits per heavy atom. The summed E-state index contributed by atoms with van der Waals surface area (Å²) in [5.41, 5.74) is 1.23. The maximum atomic E-state index is 12.2. The number of fused-ring (bicyclic) bond motifs is 1. The summed E-state index contributed by atoms with van der Waals surface area (Å²) in [7, 11) is 0. The number of pyridine rings is 1. The smallest absolute Gasteiger partial charge is 0.311 e. The van der Waals surface area contributed by atoms with Crippen LogP contribution in [0, 0.1) is 11.3 Å². The summed E-state index contributed by atoms with van der Waals surface area (Å²) in [6.45, 7) is 0. The molecule has 0 fully saturated rings. The average Bonchev–Trinajstić information content (AvgIpc) is 2.92. The van der Waals surface area contributed by atoms with Gasteiger partial charge in [-0.25, -0.2) is 0 Å². The summed E-state index contributed by atoms with van der Waals surface area (Å²) in [6.07, 6.45) is 5.03. The van der Waals surface area contributed by atoms with E-state index >= 15 is 0 Å². The van der Waals surface area contributed by atoms with E-state index in [0.717, 1.165) is 17.7 Å². The van der Waals surface area contributed by atoms with Crippen LogP contribution in [0.1, 0.15) is 45.1 Å². The fourth-order valence-corrected chi connectivity index (χ4v) is 4.02. The minimum Gasteiger partial charge on any atom is -0.481 e. The molecule has 1 aliphatic carbocycles. The van der Waals surface area contributed by atoms with E-state index in [1.54, 1.807) is 18.3 Å². The molecule has 0 saturated heterocycles. The van der Waals surface area contributed by atoms with Crippen molar-refractivity contribution in [3.8, 4) is 6.07 Å². The summed E-state index contributed by atoms with van der Waals surface area (Å²) in [4.78, 5) is 28.4. The lowest BCUT2D eigenvalue weighted by Crippen LogP contribution is -2.17. The molecule has 0 aliphatic heterocycles. The van der Waals surface area contributed by atoms with Gasteiger partial charge in [0.2, 0.25) is 0 Å². The van der Waals surface area contributed by atoms with Gasteiger partial charge in [-0.1, -0.05) is 0 Å². The number of hydrogen-bond donors (Lipinski definition) is 2. The Hall–Kier alpha value is -2.72. The monoisotopic (exact) mass is 327 g/mol. The molecule has 0 saturated carbocycles. The lowest BCUT2D eigenvalue weighted by atomic mass is 9.85. The number of carbonyl (C=O) groups is 2. The molecule has 0 bridgehead atoms. The first-order chi connectivity index (χ1) is 11.1. The minimum atomic E-state index is -0.926. The highest BCUT2D eigenvalue weighted by atomic mass is 32.1. The average molecular weight is 327 g/mol. The molecule has 1 amide bonds. The number of anilines is 1. The zero-order valence-corrected chi connectivity index (χ0v) is 12.9. The molecular formula is C16H13N3O3S. The van der Waals surface area contributed by atoms with Crippen molar-refractivity contribution in [3.63, 3.8) is 0 Å². The highest BCUT2D eigenvalue weighted by Gasteiger charge is 2.33. The Balaban J connectivity index is 1.97. The molecule has 1 unspecified atom stereocenters. The quantitative estimate of drug-likeness (QED) is 0.902. The van der Waals surface area contributed by atoms with Crippen LogP contribution in [0.4, 0.5) is 5.00 Å². The van der Waals surface area contributed by atoms with E-state index in [1.807, 2.05) is 0 Å². The molecule has 116 valence electrons. The van der Waals surface area contributed by atoms with E-state index in [1.165, 1.54) is 17.5 Å². The van der Waals surface area contributed by atoms with Gasteiger partial charge in [0, 0.05) is 22.8 Å². The van der Waals surface area contributed by atoms with Gasteiger partial charge in [0.25, 0.3) is 5.91 Å². The van der Waals surface area contributed by atoms with Crippen LogP contribution in [-0.2, 0) is 11.2 Å². The van der Waals surface area contributed by atoms with Crippen molar-refractivity contribution in [3.05, 3.63) is 46.1 Å². The fraction of sp³-hybridized carbons (Fsp3) is 0.250. The lowest BCUT2D eigenvalue weighted by molar-refractivity contribution is -0.139. The number of thiophene rings is 1. The molecule has 2 N–H and O–H groups in total. The summed E-state index contributed by atoms with van der Waals surface area (Å²) in [5, 5.41) is 22.0. The molecule has 7 heteroatoms. The van der Waals surface area contributed by atoms with E-state index in [0.29, 0.717) is 22.5 Å². The summed E-state index contributed by atoms with van der Waals surface area (Å²) in [6, 6.07) is 5.34. The number of aliphatic carboxylic acids is 1. The molecule has 0 radical (unpaired) electrons. The molecule has 1 atom stereocenters. The number of nitriles is 1. The van der Waals surface area contributed by atoms with E-state index in [2.05, 4.69) is 16.4 Å². The first kappa shape index (κ1) is 15.2. The zero-order valence-electron chi connectivity index (χ0n) is 12.1. The number of carboxylic acids is 1. The highest BCUT2D eigenvalue weighted by molar-refractivity contribution is 7.16. The first-order valence-corrected chi connectivity index (χ1v) is 7.93. The summed E-state index contributed by atoms with van der Waals surface area (Å²) < 4.78 is 0. The zero-order chi connectivity index (χ0) is 16.4. The summed E-state index contributed by atoms with van der Waals surface area (Å²) >= 11 is 1.29. The second-order valence-corrected chi connectivity index (χ2v) is 6.34. The molecule has 6 nitrogen and oxygen atoms in total. The Labute approximate surface area is 136 Å². The molecule has 2 heterocycles. The third kappa shape index (κ3) is 2.81. The maximum Gasteiger partial charge on any atom is 0.311 e. The van der Waals surface area contributed by atoms with E-state index < -0.39 is 11.9 Å². The van der Waals surface area contributed by atoms with E-state index in [-0.39, 0.29) is 11.5 Å². The SMILES string of the molecule is N#Cc1c(NC(=O)c2cccnc2)sc2c1C(C(=O)O)CCC2. The predicted octanol–water partition coefficient (Wildman–Crippen LogP) is 2.77. The Morgan fingerprint density at radius 2 is 2.30 bits per heavy atom. The number of rotatable bonds is 3. The van der Waals surface area contributed by atoms with Crippen LogP contribution in [0.25, 0.3) is 0 Å². The number of hydrogen-bond acceptors (Lipinski definition) is 5. The van der Waals surface area contributed by atoms with Gasteiger partial charge in [0.15, 0.2) is 0 Å². The number of carboxylic acid groups (broad SMARTS) is 1. The van der Waals surface area contributed by atoms with Crippen molar-refractivity contribution < 1.29 is 14.7 Å². The van der Waals surface area contributed by atoms with Gasteiger partial charge in [0.05, 0.1) is 17.0 Å². The first-order valence-electron chi connectivity index (χ1n) is 7.11. The Bertz CT molecular complexity index is 808. The van der Waals surface area contributed by atoms with Gasteiger partial charge >= 0.3 is 5.97 Å². The van der Waals surface area contributed by atoms with Crippen molar-refractivity contribution >= 4 is 28.2 Å². The molecule has 23 heavy (non-hydrogen) atoms. The van der Waals surface area contributed by atoms with Gasteiger partial charge in [-0.05, 0) is 31.4 Å². The molecule has 2 aromatic rings. The van der Waals surface area contributed by atoms with Gasteiger partial charge in [-0.2, -0.15) is 5.26 Å². The fourth-order valence-electron chi connectivity index (χ4n) is 2.77. The van der Waals surface area contributed by atoms with Crippen LogP contribution in [0.15, 0.2) is 24.5 Å². The highest BCUT2D eigenvalue weighted by Crippen LogP contribution is 2.43. The topological polar surface area (TPSA) is 103 Å². The van der Waals surface area contributed by atoms with Gasteiger partial charge in [-0.15, -0.1) is 11.3 Å². The van der Waals surface area contributed by atoms with Crippen molar-refractivity contribution in [2.45, 2.75) is 25.2 Å². The standard InChI is InChI=1S/C16H13N3O3S/c17-7-11-13-10(16(21)22)4-1-5-12(13)23-15(11)19-14(20)9-3-2-6-18-8-9/h2-3,6,8,10H,1,4-5H2,(H,19,20)(H,21,22). The van der Waals surface area contributed by atoms with Crippen molar-refractivity contribution in [1.29, 1.82) is 5.26 Å². The molecule has 0 aromatic carbocycles. The number of nitrogens with one attached hydrogen (secondary N) is 1. The third-order valence-electron chi connectivity index (χ3n) is 3.83. The number of aryl methyl sites for hydroxylation is 1. The Morgan fingerprint density at radius 3 is 2.96 bits per heavy atom. The molecule has 3 rings (SSSR count). The van der Waals surface area contributed by atoms with E-state index in [9.17, 15) is 20.0 Å². The van der Waals surface area contributed by atoms with Crippen LogP contribution in [0.5, 0.6) is 0 Å². The van der Waals surface area contributed by atoms with Crippen LogP contribution in [0.2, 0.25) is 0 Å². The van der Waals surface area contributed by atoms with Crippen LogP contribution in [-0.4, -0.2) is 22.0 Å². The van der Waals surface area contributed by atoms with Crippen LogP contribution in [0.3, 0.4) is 0 Å². The Kier molecular flexibility index (Phi) is 4.08. The normalized spacial score (nSPS) is 16.2. The van der Waals surface area contributed by atoms with Crippen molar-refractivity contribution in [2.75, 3.05) is 5.32 Å². The molecular weight excluding hydrogens is 314 g/mol. The molecule has 0 spiro atoms. The predicted molar refractivity (Wildman–Crippen MR) is 84.5 cm³/mol. The number of nitrogens with zero attached hydrogens (tertiary/aromatic N) is 2. The summed E-state index contributed by atoms with van der Waals surface area (Å²) in [5.74, 6) is -1.96. The van der Waals surface area contributed by atoms with Gasteiger partial charge < -0.3 is 10.4 Å². The minimum absolute atomic E-state index is 0.273. The van der Waals surface area contributed by atoms with Crippen molar-refractivity contribution in [1.82, 2.24) is 4.98 Å². The lowest BCUT2D eigenvalue weighted by Gasteiger charge is -2.18. The second-order valence-electron chi connectivity index (χ2n) is 5.23. The van der Waals surface area contributed by atoms with Gasteiger partial charge in [0.1, 0.15) is 11.1 Å². The second kappa shape index (κ2) is 6.18. The van der Waals surface area contributed by atoms with Crippen LogP contribution >= 0.6 is 11.3 Å². The largest absolute Gasteiger partial charge is 0.481 e. The third-order valence-corrected chi connectivity index (χ3v) is 5.01. The number of aromatic nitrogens is 1. The van der Waals surface area contributed by atoms with Crippen molar-refractivity contribution in [2.24, 2.45) is 0 Å². The van der Waals surface area contributed by atoms with E-state index in [4.69, 9.17) is 0 Å². The van der Waals surface area contributed by atoms with Gasteiger partial charge in [-0.3, -0.25) is 14.6 Å². The van der Waals surface area contributed by atoms with Crippen LogP contribution < -0.4 is 5.32 Å². The molecule has 1 aliphatic rings. The molecule has 2 aromatic heterocycles.